The smallest absolute Gasteiger partial charge is 0.122 e. The second-order valence-corrected chi connectivity index (χ2v) is 4.35. The van der Waals surface area contributed by atoms with Crippen LogP contribution in [0.3, 0.4) is 0 Å². The zero-order valence-electron chi connectivity index (χ0n) is 9.56. The van der Waals surface area contributed by atoms with Crippen LogP contribution in [-0.2, 0) is 6.42 Å². The van der Waals surface area contributed by atoms with Gasteiger partial charge < -0.3 is 10.1 Å². The highest BCUT2D eigenvalue weighted by Crippen LogP contribution is 2.27. The molecule has 0 fully saturated rings. The Bertz CT molecular complexity index is 326. The highest BCUT2D eigenvalue weighted by atomic mass is 79.9. The van der Waals surface area contributed by atoms with E-state index < -0.39 is 0 Å². The molecule has 0 heterocycles. The van der Waals surface area contributed by atoms with Crippen LogP contribution in [0.4, 0.5) is 0 Å². The SMILES string of the molecule is CCOc1cc(C)c(Br)cc1CCNC. The fourth-order valence-electron chi connectivity index (χ4n) is 1.44. The number of hydrogen-bond donors (Lipinski definition) is 1. The monoisotopic (exact) mass is 271 g/mol. The van der Waals surface area contributed by atoms with E-state index in [9.17, 15) is 0 Å². The van der Waals surface area contributed by atoms with E-state index in [-0.39, 0.29) is 0 Å². The number of halogens is 1. The molecule has 0 aliphatic rings. The molecule has 0 saturated heterocycles. The van der Waals surface area contributed by atoms with Gasteiger partial charge in [-0.2, -0.15) is 0 Å². The highest BCUT2D eigenvalue weighted by molar-refractivity contribution is 9.10. The van der Waals surface area contributed by atoms with Crippen LogP contribution < -0.4 is 10.1 Å². The van der Waals surface area contributed by atoms with Crippen LogP contribution in [0.5, 0.6) is 5.75 Å². The molecule has 1 rings (SSSR count). The summed E-state index contributed by atoms with van der Waals surface area (Å²) in [6.45, 7) is 5.77. The number of nitrogens with one attached hydrogen (secondary N) is 1. The lowest BCUT2D eigenvalue weighted by Crippen LogP contribution is -2.11. The van der Waals surface area contributed by atoms with Crippen molar-refractivity contribution in [2.45, 2.75) is 20.3 Å². The van der Waals surface area contributed by atoms with Gasteiger partial charge in [-0.1, -0.05) is 15.9 Å². The molecule has 0 saturated carbocycles. The average molecular weight is 272 g/mol. The molecule has 0 radical (unpaired) electrons. The van der Waals surface area contributed by atoms with Crippen molar-refractivity contribution in [2.75, 3.05) is 20.2 Å². The molecule has 0 amide bonds. The summed E-state index contributed by atoms with van der Waals surface area (Å²) in [6, 6.07) is 4.25. The van der Waals surface area contributed by atoms with Crippen molar-refractivity contribution >= 4 is 15.9 Å². The Morgan fingerprint density at radius 3 is 2.73 bits per heavy atom. The van der Waals surface area contributed by atoms with Gasteiger partial charge in [-0.3, -0.25) is 0 Å². The fourth-order valence-corrected chi connectivity index (χ4v) is 1.83. The van der Waals surface area contributed by atoms with Gasteiger partial charge in [-0.05, 0) is 57.1 Å². The van der Waals surface area contributed by atoms with Crippen LogP contribution in [0.1, 0.15) is 18.1 Å². The summed E-state index contributed by atoms with van der Waals surface area (Å²) in [4.78, 5) is 0. The van der Waals surface area contributed by atoms with Crippen molar-refractivity contribution in [1.29, 1.82) is 0 Å². The second kappa shape index (κ2) is 6.13. The Morgan fingerprint density at radius 2 is 2.13 bits per heavy atom. The maximum Gasteiger partial charge on any atom is 0.122 e. The van der Waals surface area contributed by atoms with Crippen LogP contribution in [0, 0.1) is 6.92 Å². The maximum atomic E-state index is 5.62. The van der Waals surface area contributed by atoms with Crippen molar-refractivity contribution in [3.63, 3.8) is 0 Å². The lowest BCUT2D eigenvalue weighted by Gasteiger charge is -2.12. The molecule has 1 aromatic carbocycles. The molecule has 0 atom stereocenters. The Hall–Kier alpha value is -0.540. The molecule has 2 nitrogen and oxygen atoms in total. The lowest BCUT2D eigenvalue weighted by atomic mass is 10.1. The average Bonchev–Trinajstić information content (AvgIpc) is 2.21. The minimum Gasteiger partial charge on any atom is -0.494 e. The normalized spacial score (nSPS) is 10.4. The van der Waals surface area contributed by atoms with E-state index in [1.54, 1.807) is 0 Å². The van der Waals surface area contributed by atoms with Crippen LogP contribution >= 0.6 is 15.9 Å². The van der Waals surface area contributed by atoms with Crippen molar-refractivity contribution in [1.82, 2.24) is 5.32 Å². The largest absolute Gasteiger partial charge is 0.494 e. The topological polar surface area (TPSA) is 21.3 Å². The summed E-state index contributed by atoms with van der Waals surface area (Å²) in [6.07, 6.45) is 0.991. The maximum absolute atomic E-state index is 5.62. The predicted molar refractivity (Wildman–Crippen MR) is 67.7 cm³/mol. The van der Waals surface area contributed by atoms with E-state index in [0.717, 1.165) is 23.2 Å². The molecule has 0 bridgehead atoms. The van der Waals surface area contributed by atoms with E-state index >= 15 is 0 Å². The molecular weight excluding hydrogens is 254 g/mol. The minimum absolute atomic E-state index is 0.716. The van der Waals surface area contributed by atoms with Crippen LogP contribution in [0.2, 0.25) is 0 Å². The molecule has 1 aromatic rings. The molecule has 0 aliphatic carbocycles. The predicted octanol–water partition coefficient (Wildman–Crippen LogP) is 2.92. The number of aryl methyl sites for hydroxylation is 1. The van der Waals surface area contributed by atoms with E-state index in [1.807, 2.05) is 14.0 Å². The number of likely N-dealkylation sites (N-methyl/N-ethyl adjacent to an activating group) is 1. The van der Waals surface area contributed by atoms with E-state index in [1.165, 1.54) is 11.1 Å². The van der Waals surface area contributed by atoms with Gasteiger partial charge in [0.05, 0.1) is 6.61 Å². The van der Waals surface area contributed by atoms with Gasteiger partial charge in [0.2, 0.25) is 0 Å². The van der Waals surface area contributed by atoms with Gasteiger partial charge >= 0.3 is 0 Å². The molecule has 0 unspecified atom stereocenters. The third-order valence-electron chi connectivity index (χ3n) is 2.29. The zero-order valence-corrected chi connectivity index (χ0v) is 11.1. The molecule has 1 N–H and O–H groups in total. The van der Waals surface area contributed by atoms with Gasteiger partial charge in [0, 0.05) is 4.47 Å². The molecule has 0 aromatic heterocycles. The van der Waals surface area contributed by atoms with Crippen LogP contribution in [0.25, 0.3) is 0 Å². The van der Waals surface area contributed by atoms with Crippen LogP contribution in [0.15, 0.2) is 16.6 Å². The summed E-state index contributed by atoms with van der Waals surface area (Å²) in [5, 5.41) is 3.15. The van der Waals surface area contributed by atoms with E-state index in [0.29, 0.717) is 6.61 Å². The molecule has 15 heavy (non-hydrogen) atoms. The van der Waals surface area contributed by atoms with Gasteiger partial charge in [0.15, 0.2) is 0 Å². The first-order valence-electron chi connectivity index (χ1n) is 5.25. The molecule has 0 aliphatic heterocycles. The van der Waals surface area contributed by atoms with Gasteiger partial charge in [0.1, 0.15) is 5.75 Å². The summed E-state index contributed by atoms with van der Waals surface area (Å²) < 4.78 is 6.77. The molecule has 3 heteroatoms. The third-order valence-corrected chi connectivity index (χ3v) is 3.14. The molecule has 84 valence electrons. The molecular formula is C12H18BrNO. The van der Waals surface area contributed by atoms with E-state index in [4.69, 9.17) is 4.74 Å². The summed E-state index contributed by atoms with van der Waals surface area (Å²) in [7, 11) is 1.96. The van der Waals surface area contributed by atoms with Gasteiger partial charge in [0.25, 0.3) is 0 Å². The van der Waals surface area contributed by atoms with Crippen molar-refractivity contribution < 1.29 is 4.74 Å². The Kier molecular flexibility index (Phi) is 5.12. The van der Waals surface area contributed by atoms with Crippen LogP contribution in [-0.4, -0.2) is 20.2 Å². The number of rotatable bonds is 5. The first-order chi connectivity index (χ1) is 7.19. The molecule has 0 spiro atoms. The summed E-state index contributed by atoms with van der Waals surface area (Å²) in [5.74, 6) is 1.01. The van der Waals surface area contributed by atoms with E-state index in [2.05, 4.69) is 40.3 Å². The lowest BCUT2D eigenvalue weighted by molar-refractivity contribution is 0.336. The quantitative estimate of drug-likeness (QED) is 0.889. The standard InChI is InChI=1S/C12H18BrNO/c1-4-15-12-7-9(2)11(13)8-10(12)5-6-14-3/h7-8,14H,4-6H2,1-3H3. The number of hydrogen-bond acceptors (Lipinski definition) is 2. The number of benzene rings is 1. The Morgan fingerprint density at radius 1 is 1.40 bits per heavy atom. The third kappa shape index (κ3) is 3.50. The summed E-state index contributed by atoms with van der Waals surface area (Å²) >= 11 is 3.55. The summed E-state index contributed by atoms with van der Waals surface area (Å²) in [5.41, 5.74) is 2.47. The van der Waals surface area contributed by atoms with Crippen molar-refractivity contribution in [2.24, 2.45) is 0 Å². The Balaban J connectivity index is 2.93. The van der Waals surface area contributed by atoms with Gasteiger partial charge in [-0.25, -0.2) is 0 Å². The first kappa shape index (κ1) is 12.5. The fraction of sp³-hybridized carbons (Fsp3) is 0.500. The van der Waals surface area contributed by atoms with Crippen molar-refractivity contribution in [3.8, 4) is 5.75 Å². The van der Waals surface area contributed by atoms with Gasteiger partial charge in [-0.15, -0.1) is 0 Å². The number of ether oxygens (including phenoxy) is 1. The Labute approximate surface area is 100 Å². The minimum atomic E-state index is 0.716. The highest BCUT2D eigenvalue weighted by Gasteiger charge is 2.06. The van der Waals surface area contributed by atoms with Crippen molar-refractivity contribution in [3.05, 3.63) is 27.7 Å². The first-order valence-corrected chi connectivity index (χ1v) is 6.04. The zero-order chi connectivity index (χ0) is 11.3. The second-order valence-electron chi connectivity index (χ2n) is 3.50.